The SMILES string of the molecule is COC(=O)CNc1cc(Br)ccc1C(=O)c1cnoc1C1CC1. The van der Waals surface area contributed by atoms with Gasteiger partial charge in [-0.15, -0.1) is 0 Å². The highest BCUT2D eigenvalue weighted by molar-refractivity contribution is 9.10. The highest BCUT2D eigenvalue weighted by Gasteiger charge is 2.33. The molecule has 1 aromatic heterocycles. The Kier molecular flexibility index (Phi) is 4.47. The van der Waals surface area contributed by atoms with Crippen LogP contribution in [0.1, 0.15) is 40.4 Å². The van der Waals surface area contributed by atoms with Gasteiger partial charge in [-0.2, -0.15) is 0 Å². The van der Waals surface area contributed by atoms with E-state index in [4.69, 9.17) is 4.52 Å². The normalized spacial score (nSPS) is 13.7. The van der Waals surface area contributed by atoms with Gasteiger partial charge in [0.15, 0.2) is 11.5 Å². The van der Waals surface area contributed by atoms with Crippen molar-refractivity contribution in [1.82, 2.24) is 5.16 Å². The minimum atomic E-state index is -0.410. The third-order valence-corrected chi connectivity index (χ3v) is 4.16. The first-order valence-corrected chi connectivity index (χ1v) is 7.99. The van der Waals surface area contributed by atoms with Crippen LogP contribution in [0.25, 0.3) is 0 Å². The molecule has 0 aliphatic heterocycles. The number of hydrogen-bond donors (Lipinski definition) is 1. The number of rotatable bonds is 6. The summed E-state index contributed by atoms with van der Waals surface area (Å²) < 4.78 is 10.6. The second kappa shape index (κ2) is 6.54. The molecule has 7 heteroatoms. The number of anilines is 1. The van der Waals surface area contributed by atoms with E-state index in [0.717, 1.165) is 17.3 Å². The molecule has 0 bridgehead atoms. The quantitative estimate of drug-likeness (QED) is 0.614. The van der Waals surface area contributed by atoms with Crippen LogP contribution < -0.4 is 5.32 Å². The summed E-state index contributed by atoms with van der Waals surface area (Å²) in [6, 6.07) is 5.23. The van der Waals surface area contributed by atoms with E-state index in [1.807, 2.05) is 0 Å². The van der Waals surface area contributed by atoms with Crippen LogP contribution in [0.3, 0.4) is 0 Å². The maximum absolute atomic E-state index is 12.8. The molecule has 1 N–H and O–H groups in total. The van der Waals surface area contributed by atoms with Crippen molar-refractivity contribution in [1.29, 1.82) is 0 Å². The molecule has 1 aromatic carbocycles. The summed E-state index contributed by atoms with van der Waals surface area (Å²) in [5, 5.41) is 6.70. The highest BCUT2D eigenvalue weighted by atomic mass is 79.9. The molecule has 0 unspecified atom stereocenters. The van der Waals surface area contributed by atoms with Crippen LogP contribution in [0.4, 0.5) is 5.69 Å². The summed E-state index contributed by atoms with van der Waals surface area (Å²) in [6.45, 7) is -0.0215. The third kappa shape index (κ3) is 3.44. The number of hydrogen-bond acceptors (Lipinski definition) is 6. The fourth-order valence-electron chi connectivity index (χ4n) is 2.30. The lowest BCUT2D eigenvalue weighted by atomic mass is 10.0. The van der Waals surface area contributed by atoms with Crippen LogP contribution in [0.2, 0.25) is 0 Å². The van der Waals surface area contributed by atoms with Crippen molar-refractivity contribution in [2.24, 2.45) is 0 Å². The van der Waals surface area contributed by atoms with E-state index >= 15 is 0 Å². The van der Waals surface area contributed by atoms with E-state index in [2.05, 4.69) is 31.1 Å². The summed E-state index contributed by atoms with van der Waals surface area (Å²) in [7, 11) is 1.32. The van der Waals surface area contributed by atoms with E-state index < -0.39 is 5.97 Å². The molecule has 3 rings (SSSR count). The van der Waals surface area contributed by atoms with Crippen molar-refractivity contribution in [3.05, 3.63) is 45.8 Å². The predicted molar refractivity (Wildman–Crippen MR) is 86.6 cm³/mol. The molecule has 1 heterocycles. The molecule has 1 fully saturated rings. The Balaban J connectivity index is 1.90. The molecule has 0 spiro atoms. The lowest BCUT2D eigenvalue weighted by molar-refractivity contribution is -0.138. The number of halogens is 1. The van der Waals surface area contributed by atoms with Crippen molar-refractivity contribution in [3.8, 4) is 0 Å². The maximum atomic E-state index is 12.8. The number of nitrogens with one attached hydrogen (secondary N) is 1. The largest absolute Gasteiger partial charge is 0.468 e. The molecule has 0 radical (unpaired) electrons. The van der Waals surface area contributed by atoms with Crippen LogP contribution in [-0.4, -0.2) is 30.6 Å². The van der Waals surface area contributed by atoms with Crippen LogP contribution >= 0.6 is 15.9 Å². The zero-order valence-corrected chi connectivity index (χ0v) is 14.1. The van der Waals surface area contributed by atoms with Crippen LogP contribution in [0.5, 0.6) is 0 Å². The van der Waals surface area contributed by atoms with E-state index in [0.29, 0.717) is 28.5 Å². The number of nitrogens with zero attached hydrogens (tertiary/aromatic N) is 1. The minimum Gasteiger partial charge on any atom is -0.468 e. The first-order valence-electron chi connectivity index (χ1n) is 7.19. The van der Waals surface area contributed by atoms with Gasteiger partial charge in [-0.1, -0.05) is 21.1 Å². The Labute approximate surface area is 141 Å². The van der Waals surface area contributed by atoms with Gasteiger partial charge < -0.3 is 14.6 Å². The number of ether oxygens (including phenoxy) is 1. The Morgan fingerprint density at radius 3 is 2.87 bits per heavy atom. The molecule has 1 saturated carbocycles. The minimum absolute atomic E-state index is 0.0215. The number of methoxy groups -OCH3 is 1. The van der Waals surface area contributed by atoms with Crippen molar-refractivity contribution in [2.45, 2.75) is 18.8 Å². The van der Waals surface area contributed by atoms with Gasteiger partial charge in [-0.25, -0.2) is 0 Å². The summed E-state index contributed by atoms with van der Waals surface area (Å²) >= 11 is 3.37. The molecule has 1 aliphatic carbocycles. The number of aromatic nitrogens is 1. The number of ketones is 1. The zero-order chi connectivity index (χ0) is 16.4. The van der Waals surface area contributed by atoms with Crippen LogP contribution in [0, 0.1) is 0 Å². The van der Waals surface area contributed by atoms with Gasteiger partial charge >= 0.3 is 5.97 Å². The molecule has 120 valence electrons. The summed E-state index contributed by atoms with van der Waals surface area (Å²) in [5.74, 6) is 0.357. The Bertz CT molecular complexity index is 752. The number of benzene rings is 1. The molecular formula is C16H15BrN2O4. The Morgan fingerprint density at radius 1 is 1.39 bits per heavy atom. The number of carbonyl (C=O) groups excluding carboxylic acids is 2. The molecule has 1 aliphatic rings. The first kappa shape index (κ1) is 15.7. The maximum Gasteiger partial charge on any atom is 0.325 e. The molecule has 2 aromatic rings. The van der Waals surface area contributed by atoms with Gasteiger partial charge in [0.05, 0.1) is 18.9 Å². The first-order chi connectivity index (χ1) is 11.1. The lowest BCUT2D eigenvalue weighted by Crippen LogP contribution is -2.17. The molecule has 6 nitrogen and oxygen atoms in total. The fraction of sp³-hybridized carbons (Fsp3) is 0.312. The number of carbonyl (C=O) groups is 2. The summed E-state index contributed by atoms with van der Waals surface area (Å²) in [4.78, 5) is 24.2. The van der Waals surface area contributed by atoms with E-state index in [1.165, 1.54) is 13.3 Å². The summed E-state index contributed by atoms with van der Waals surface area (Å²) in [5.41, 5.74) is 1.50. The number of esters is 1. The van der Waals surface area contributed by atoms with Gasteiger partial charge in [0, 0.05) is 21.6 Å². The van der Waals surface area contributed by atoms with E-state index in [1.54, 1.807) is 18.2 Å². The van der Waals surface area contributed by atoms with Gasteiger partial charge in [0.1, 0.15) is 6.54 Å². The van der Waals surface area contributed by atoms with Gasteiger partial charge in [0.2, 0.25) is 0 Å². The molecular weight excluding hydrogens is 364 g/mol. The highest BCUT2D eigenvalue weighted by Crippen LogP contribution is 2.42. The lowest BCUT2D eigenvalue weighted by Gasteiger charge is -2.11. The van der Waals surface area contributed by atoms with Crippen LogP contribution in [-0.2, 0) is 9.53 Å². The van der Waals surface area contributed by atoms with Gasteiger partial charge in [-0.3, -0.25) is 9.59 Å². The second-order valence-electron chi connectivity index (χ2n) is 5.33. The standard InChI is InChI=1S/C16H15BrN2O4/c1-22-14(20)8-18-13-6-10(17)4-5-11(13)15(21)12-7-19-23-16(12)9-2-3-9/h4-7,9,18H,2-3,8H2,1H3. The fourth-order valence-corrected chi connectivity index (χ4v) is 2.67. The second-order valence-corrected chi connectivity index (χ2v) is 6.24. The smallest absolute Gasteiger partial charge is 0.325 e. The molecule has 0 atom stereocenters. The van der Waals surface area contributed by atoms with Crippen molar-refractivity contribution in [2.75, 3.05) is 19.0 Å². The molecule has 23 heavy (non-hydrogen) atoms. The summed E-state index contributed by atoms with van der Waals surface area (Å²) in [6.07, 6.45) is 3.49. The van der Waals surface area contributed by atoms with Crippen molar-refractivity contribution < 1.29 is 18.8 Å². The zero-order valence-electron chi connectivity index (χ0n) is 12.5. The average molecular weight is 379 g/mol. The van der Waals surface area contributed by atoms with Crippen molar-refractivity contribution >= 4 is 33.4 Å². The van der Waals surface area contributed by atoms with E-state index in [-0.39, 0.29) is 12.3 Å². The Hall–Kier alpha value is -2.15. The van der Waals surface area contributed by atoms with Crippen LogP contribution in [0.15, 0.2) is 33.4 Å². The predicted octanol–water partition coefficient (Wildman–Crippen LogP) is 3.13. The van der Waals surface area contributed by atoms with Crippen molar-refractivity contribution in [3.63, 3.8) is 0 Å². The monoisotopic (exact) mass is 378 g/mol. The average Bonchev–Trinajstić information content (AvgIpc) is 3.28. The van der Waals surface area contributed by atoms with Gasteiger partial charge in [0.25, 0.3) is 0 Å². The molecule has 0 saturated heterocycles. The topological polar surface area (TPSA) is 81.4 Å². The Morgan fingerprint density at radius 2 is 2.17 bits per heavy atom. The third-order valence-electron chi connectivity index (χ3n) is 3.67. The van der Waals surface area contributed by atoms with Gasteiger partial charge in [-0.05, 0) is 31.0 Å². The van der Waals surface area contributed by atoms with E-state index in [9.17, 15) is 9.59 Å². The molecule has 0 amide bonds.